The second-order valence-electron chi connectivity index (χ2n) is 22.5. The fraction of sp³-hybridized carbons (Fsp3) is 0.294. The third-order valence-corrected chi connectivity index (χ3v) is 17.6. The smallest absolute Gasteiger partial charge is 0.137 e. The Balaban J connectivity index is 0.000000154. The summed E-state index contributed by atoms with van der Waals surface area (Å²) in [6, 6.07) is 35.2. The highest BCUT2D eigenvalue weighted by Gasteiger charge is 2.31. The van der Waals surface area contributed by atoms with Gasteiger partial charge in [0.25, 0.3) is 0 Å². The molecule has 14 rings (SSSR count). The highest BCUT2D eigenvalue weighted by Crippen LogP contribution is 2.42. The van der Waals surface area contributed by atoms with Gasteiger partial charge in [0.15, 0.2) is 0 Å². The number of aromatic nitrogens is 4. The number of aliphatic imine (C=N–C) groups is 4. The van der Waals surface area contributed by atoms with Crippen LogP contribution in [0.3, 0.4) is 0 Å². The molecule has 0 spiro atoms. The number of halogens is 1. The quantitative estimate of drug-likeness (QED) is 0.0671. The lowest BCUT2D eigenvalue weighted by Crippen LogP contribution is -2.20. The van der Waals surface area contributed by atoms with Gasteiger partial charge in [-0.25, -0.2) is 0 Å². The van der Waals surface area contributed by atoms with Crippen LogP contribution in [0.2, 0.25) is 5.02 Å². The van der Waals surface area contributed by atoms with Crippen molar-refractivity contribution in [2.45, 2.75) is 84.0 Å². The molecule has 14 heteroatoms. The summed E-state index contributed by atoms with van der Waals surface area (Å²) in [6.45, 7) is 9.19. The Morgan fingerprint density at radius 3 is 1.21 bits per heavy atom. The molecule has 0 saturated heterocycles. The molecule has 0 amide bonds. The molecular weight excluding hydrogens is 1040 g/mol. The van der Waals surface area contributed by atoms with E-state index in [0.29, 0.717) is 23.6 Å². The van der Waals surface area contributed by atoms with Gasteiger partial charge in [0.05, 0.1) is 72.0 Å². The minimum atomic E-state index is -0.0376. The van der Waals surface area contributed by atoms with Gasteiger partial charge < -0.3 is 44.4 Å². The van der Waals surface area contributed by atoms with Crippen molar-refractivity contribution < 1.29 is 24.4 Å². The first kappa shape index (κ1) is 52.8. The number of benzene rings is 6. The lowest BCUT2D eigenvalue weighted by molar-refractivity contribution is 0.405. The molecule has 0 radical (unpaired) electrons. The van der Waals surface area contributed by atoms with E-state index in [0.717, 1.165) is 155 Å². The molecule has 6 N–H and O–H groups in total. The number of nitrogens with one attached hydrogen (secondary N) is 4. The molecule has 0 fully saturated rings. The topological polar surface area (TPSA) is 181 Å². The van der Waals surface area contributed by atoms with Gasteiger partial charge >= 0.3 is 0 Å². The van der Waals surface area contributed by atoms with Gasteiger partial charge in [-0.15, -0.1) is 0 Å². The standard InChI is InChI=1S/C34H33ClN4O2.C34H34N4O3/c1-18-4-6-23-25-8-10-36-30(32(25)38-28(23)12-18)15-21(20-13-19(2)34(40)27(35)14-20)16-31-33-26(9-11-37-31)24-7-5-22(41-3)17-29(24)39-33;1-19-4-7-24-26-10-12-35-30(33(26)37-28(24)14-19)15-20(23-8-5-22(41-3)18-32(23)39)16-31-34-27(11-13-36-31)25-9-6-21(40-2)17-29(25)38-34/h4-7,12-14,17,21,38-40H,8-11,15-16H2,1-3H3;4-9,14,17-18,20,37-39H,10-13,15-16H2,1-3H3. The molecule has 10 aromatic rings. The van der Waals surface area contributed by atoms with Crippen LogP contribution in [0.1, 0.15) is 110 Å². The van der Waals surface area contributed by atoms with Crippen molar-refractivity contribution in [3.8, 4) is 28.7 Å². The molecule has 0 saturated carbocycles. The maximum Gasteiger partial charge on any atom is 0.137 e. The normalized spacial score (nSPS) is 15.4. The minimum absolute atomic E-state index is 0.0376. The third kappa shape index (κ3) is 9.78. The summed E-state index contributed by atoms with van der Waals surface area (Å²) >= 11 is 6.53. The first-order chi connectivity index (χ1) is 39.9. The van der Waals surface area contributed by atoms with E-state index in [1.54, 1.807) is 27.4 Å². The van der Waals surface area contributed by atoms with E-state index in [4.69, 9.17) is 45.8 Å². The number of aryl methyl sites for hydroxylation is 3. The fourth-order valence-corrected chi connectivity index (χ4v) is 13.5. The Hall–Kier alpha value is -8.55. The number of aromatic hydroxyl groups is 2. The van der Waals surface area contributed by atoms with Crippen molar-refractivity contribution >= 4 is 78.1 Å². The molecule has 82 heavy (non-hydrogen) atoms. The summed E-state index contributed by atoms with van der Waals surface area (Å²) in [5, 5.41) is 27.0. The van der Waals surface area contributed by atoms with Crippen LogP contribution in [-0.4, -0.2) is 101 Å². The second kappa shape index (κ2) is 21.7. The SMILES string of the molecule is COc1ccc(C(CC2=NCCc3c2[nH]c2cc(C)ccc32)CC2=NCCc3c2[nH]c2cc(OC)ccc32)c(O)c1.COc1ccc2c3c([nH]c2c1)C(CC(CC1=NCCc2c1[nH]c1cc(C)ccc21)c1cc(C)c(O)c(Cl)c1)=NCC3. The monoisotopic (exact) mass is 1110 g/mol. The van der Waals surface area contributed by atoms with E-state index in [2.05, 4.69) is 94.4 Å². The molecule has 2 atom stereocenters. The summed E-state index contributed by atoms with van der Waals surface area (Å²) < 4.78 is 16.3. The maximum absolute atomic E-state index is 11.2. The van der Waals surface area contributed by atoms with Crippen LogP contribution < -0.4 is 14.2 Å². The average molecular weight is 1110 g/mol. The summed E-state index contributed by atoms with van der Waals surface area (Å²) in [5.74, 6) is 2.70. The second-order valence-corrected chi connectivity index (χ2v) is 22.9. The number of ether oxygens (including phenoxy) is 3. The predicted molar refractivity (Wildman–Crippen MR) is 333 cm³/mol. The summed E-state index contributed by atoms with van der Waals surface area (Å²) in [4.78, 5) is 34.8. The molecular formula is C68H67ClN8O5. The molecule has 0 aliphatic carbocycles. The first-order valence-corrected chi connectivity index (χ1v) is 28.9. The Kier molecular flexibility index (Phi) is 14.0. The molecule has 416 valence electrons. The summed E-state index contributed by atoms with van der Waals surface area (Å²) in [6.07, 6.45) is 6.48. The van der Waals surface area contributed by atoms with Crippen LogP contribution in [0.5, 0.6) is 28.7 Å². The van der Waals surface area contributed by atoms with Gasteiger partial charge in [-0.2, -0.15) is 0 Å². The van der Waals surface area contributed by atoms with Crippen molar-refractivity contribution in [2.24, 2.45) is 20.0 Å². The Labute approximate surface area is 481 Å². The van der Waals surface area contributed by atoms with E-state index in [9.17, 15) is 10.2 Å². The van der Waals surface area contributed by atoms with Crippen molar-refractivity contribution in [1.82, 2.24) is 19.9 Å². The molecule has 4 aliphatic rings. The number of hydrogen-bond donors (Lipinski definition) is 6. The van der Waals surface area contributed by atoms with Crippen LogP contribution in [0.15, 0.2) is 123 Å². The molecule has 0 bridgehead atoms. The van der Waals surface area contributed by atoms with Gasteiger partial charge in [0.2, 0.25) is 0 Å². The van der Waals surface area contributed by atoms with E-state index in [1.807, 2.05) is 43.3 Å². The lowest BCUT2D eigenvalue weighted by Gasteiger charge is -2.24. The van der Waals surface area contributed by atoms with Crippen molar-refractivity contribution in [2.75, 3.05) is 47.5 Å². The van der Waals surface area contributed by atoms with Crippen molar-refractivity contribution in [3.63, 3.8) is 0 Å². The van der Waals surface area contributed by atoms with Crippen molar-refractivity contribution in [3.05, 3.63) is 181 Å². The maximum atomic E-state index is 11.2. The Morgan fingerprint density at radius 1 is 0.451 bits per heavy atom. The number of phenols is 2. The zero-order valence-electron chi connectivity index (χ0n) is 47.2. The number of aromatic amines is 4. The number of phenolic OH excluding ortho intramolecular Hbond substituents is 2. The Morgan fingerprint density at radius 2 is 0.817 bits per heavy atom. The van der Waals surface area contributed by atoms with Gasteiger partial charge in [0, 0.05) is 88.0 Å². The van der Waals surface area contributed by atoms with Crippen LogP contribution in [0.4, 0.5) is 0 Å². The van der Waals surface area contributed by atoms with Crippen LogP contribution in [-0.2, 0) is 25.7 Å². The van der Waals surface area contributed by atoms with E-state index >= 15 is 0 Å². The molecule has 8 heterocycles. The molecule has 4 aromatic heterocycles. The van der Waals surface area contributed by atoms with E-state index in [1.165, 1.54) is 60.4 Å². The van der Waals surface area contributed by atoms with E-state index in [-0.39, 0.29) is 23.3 Å². The number of hydrogen-bond acceptors (Lipinski definition) is 9. The van der Waals surface area contributed by atoms with Crippen LogP contribution in [0.25, 0.3) is 43.6 Å². The zero-order chi connectivity index (χ0) is 56.3. The van der Waals surface area contributed by atoms with Crippen LogP contribution in [0, 0.1) is 20.8 Å². The first-order valence-electron chi connectivity index (χ1n) is 28.5. The molecule has 4 aliphatic heterocycles. The summed E-state index contributed by atoms with van der Waals surface area (Å²) in [5.41, 5.74) is 23.7. The zero-order valence-corrected chi connectivity index (χ0v) is 48.0. The largest absolute Gasteiger partial charge is 0.508 e. The highest BCUT2D eigenvalue weighted by molar-refractivity contribution is 6.32. The number of rotatable bonds is 13. The number of nitrogens with zero attached hydrogens (tertiary/aromatic N) is 4. The predicted octanol–water partition coefficient (Wildman–Crippen LogP) is 14.2. The number of H-pyrrole nitrogens is 4. The number of methoxy groups -OCH3 is 3. The van der Waals surface area contributed by atoms with E-state index < -0.39 is 0 Å². The lowest BCUT2D eigenvalue weighted by atomic mass is 9.84. The molecule has 6 aromatic carbocycles. The van der Waals surface area contributed by atoms with Gasteiger partial charge in [-0.3, -0.25) is 20.0 Å². The Bertz CT molecular complexity index is 4280. The van der Waals surface area contributed by atoms with Gasteiger partial charge in [-0.05, 0) is 183 Å². The van der Waals surface area contributed by atoms with Gasteiger partial charge in [0.1, 0.15) is 28.7 Å². The fourth-order valence-electron chi connectivity index (χ4n) is 13.2. The average Bonchev–Trinajstić information content (AvgIpc) is 4.47. The summed E-state index contributed by atoms with van der Waals surface area (Å²) in [7, 11) is 5.00. The molecule has 13 nitrogen and oxygen atoms in total. The number of fused-ring (bicyclic) bond motifs is 12. The van der Waals surface area contributed by atoms with Crippen LogP contribution >= 0.6 is 11.6 Å². The highest BCUT2D eigenvalue weighted by atomic mass is 35.5. The van der Waals surface area contributed by atoms with Crippen molar-refractivity contribution in [1.29, 1.82) is 0 Å². The molecule has 2 unspecified atom stereocenters. The van der Waals surface area contributed by atoms with Gasteiger partial charge in [-0.1, -0.05) is 48.0 Å². The third-order valence-electron chi connectivity index (χ3n) is 17.3. The minimum Gasteiger partial charge on any atom is -0.508 e.